The van der Waals surface area contributed by atoms with Crippen LogP contribution in [0.3, 0.4) is 0 Å². The number of carbonyl (C=O) groups is 1. The fourth-order valence-electron chi connectivity index (χ4n) is 3.40. The van der Waals surface area contributed by atoms with Crippen LogP contribution in [-0.4, -0.2) is 44.1 Å². The Morgan fingerprint density at radius 1 is 1.10 bits per heavy atom. The molecule has 3 rings (SSSR count). The Bertz CT molecular complexity index is 786. The van der Waals surface area contributed by atoms with Gasteiger partial charge in [-0.2, -0.15) is 0 Å². The number of aliphatic imine (C=N–C) groups is 1. The molecular weight excluding hydrogens is 509 g/mol. The van der Waals surface area contributed by atoms with E-state index in [-0.39, 0.29) is 29.9 Å². The maximum atomic E-state index is 11.9. The predicted molar refractivity (Wildman–Crippen MR) is 137 cm³/mol. The van der Waals surface area contributed by atoms with Crippen molar-refractivity contribution >= 4 is 52.2 Å². The van der Waals surface area contributed by atoms with Gasteiger partial charge in [0.1, 0.15) is 0 Å². The zero-order valence-electron chi connectivity index (χ0n) is 17.7. The first-order valence-corrected chi connectivity index (χ1v) is 11.3. The fourth-order valence-corrected chi connectivity index (χ4v) is 4.19. The molecule has 164 valence electrons. The molecule has 1 aromatic carbocycles. The number of hydrogen-bond acceptors (Lipinski definition) is 4. The highest BCUT2D eigenvalue weighted by molar-refractivity contribution is 14.0. The number of piperidine rings is 1. The Hall–Kier alpha value is -1.81. The predicted octanol–water partition coefficient (Wildman–Crippen LogP) is 3.84. The molecule has 8 heteroatoms. The van der Waals surface area contributed by atoms with E-state index in [9.17, 15) is 4.79 Å². The lowest BCUT2D eigenvalue weighted by Crippen LogP contribution is -2.48. The number of amides is 1. The van der Waals surface area contributed by atoms with Crippen LogP contribution in [0.15, 0.2) is 46.8 Å². The number of benzene rings is 1. The maximum absolute atomic E-state index is 11.9. The van der Waals surface area contributed by atoms with Crippen molar-refractivity contribution in [1.82, 2.24) is 16.0 Å². The van der Waals surface area contributed by atoms with Crippen LogP contribution in [0.4, 0.5) is 5.00 Å². The standard InChI is InChI=1S/C22H31N5OS.HI/c1-3-23-21(28)18-9-7-17(8-10-18)16-25-22(24-4-2)26-19-11-13-27(14-12-19)20-6-5-15-29-20;/h5-10,15,19H,3-4,11-14,16H2,1-2H3,(H,23,28)(H2,24,25,26);1H. The lowest BCUT2D eigenvalue weighted by Gasteiger charge is -2.33. The van der Waals surface area contributed by atoms with Crippen LogP contribution in [0.2, 0.25) is 0 Å². The number of rotatable bonds is 7. The molecule has 2 heterocycles. The quantitative estimate of drug-likeness (QED) is 0.283. The highest BCUT2D eigenvalue weighted by Crippen LogP contribution is 2.24. The van der Waals surface area contributed by atoms with Crippen molar-refractivity contribution in [2.24, 2.45) is 4.99 Å². The number of guanidine groups is 1. The number of nitrogens with zero attached hydrogens (tertiary/aromatic N) is 2. The molecule has 1 fully saturated rings. The molecule has 30 heavy (non-hydrogen) atoms. The number of carbonyl (C=O) groups excluding carboxylic acids is 1. The van der Waals surface area contributed by atoms with Crippen LogP contribution in [0, 0.1) is 0 Å². The smallest absolute Gasteiger partial charge is 0.251 e. The van der Waals surface area contributed by atoms with Crippen molar-refractivity contribution in [3.05, 3.63) is 52.9 Å². The van der Waals surface area contributed by atoms with E-state index in [0.717, 1.165) is 44.0 Å². The Labute approximate surface area is 200 Å². The lowest BCUT2D eigenvalue weighted by molar-refractivity contribution is 0.0956. The molecule has 0 radical (unpaired) electrons. The summed E-state index contributed by atoms with van der Waals surface area (Å²) in [6.45, 7) is 8.18. The molecule has 3 N–H and O–H groups in total. The van der Waals surface area contributed by atoms with Gasteiger partial charge in [-0.1, -0.05) is 12.1 Å². The Morgan fingerprint density at radius 3 is 2.40 bits per heavy atom. The summed E-state index contributed by atoms with van der Waals surface area (Å²) in [6.07, 6.45) is 2.20. The van der Waals surface area contributed by atoms with Gasteiger partial charge in [0.2, 0.25) is 0 Å². The van der Waals surface area contributed by atoms with Crippen molar-refractivity contribution < 1.29 is 4.79 Å². The summed E-state index contributed by atoms with van der Waals surface area (Å²) in [7, 11) is 0. The largest absolute Gasteiger partial charge is 0.363 e. The summed E-state index contributed by atoms with van der Waals surface area (Å²) in [5.74, 6) is 0.821. The Morgan fingerprint density at radius 2 is 1.80 bits per heavy atom. The Balaban J connectivity index is 0.00000320. The topological polar surface area (TPSA) is 68.8 Å². The summed E-state index contributed by atoms with van der Waals surface area (Å²) >= 11 is 1.81. The highest BCUT2D eigenvalue weighted by Gasteiger charge is 2.20. The third-order valence-corrected chi connectivity index (χ3v) is 5.90. The van der Waals surface area contributed by atoms with Gasteiger partial charge in [-0.3, -0.25) is 4.79 Å². The molecule has 0 bridgehead atoms. The van der Waals surface area contributed by atoms with Gasteiger partial charge in [-0.05, 0) is 61.9 Å². The van der Waals surface area contributed by atoms with Crippen LogP contribution < -0.4 is 20.9 Å². The van der Waals surface area contributed by atoms with Crippen LogP contribution in [0.25, 0.3) is 0 Å². The molecule has 1 aliphatic heterocycles. The molecule has 6 nitrogen and oxygen atoms in total. The minimum atomic E-state index is -0.0357. The van der Waals surface area contributed by atoms with E-state index in [4.69, 9.17) is 4.99 Å². The second-order valence-corrected chi connectivity index (χ2v) is 8.03. The van der Waals surface area contributed by atoms with E-state index < -0.39 is 0 Å². The molecule has 2 aromatic rings. The first-order valence-electron chi connectivity index (χ1n) is 10.4. The van der Waals surface area contributed by atoms with Gasteiger partial charge < -0.3 is 20.9 Å². The van der Waals surface area contributed by atoms with E-state index in [1.807, 2.05) is 42.5 Å². The number of nitrogens with one attached hydrogen (secondary N) is 3. The summed E-state index contributed by atoms with van der Waals surface area (Å²) in [5.41, 5.74) is 1.77. The average molecular weight is 542 g/mol. The second-order valence-electron chi connectivity index (χ2n) is 7.11. The van der Waals surface area contributed by atoms with E-state index in [0.29, 0.717) is 24.7 Å². The number of anilines is 1. The van der Waals surface area contributed by atoms with Crippen molar-refractivity contribution in [3.8, 4) is 0 Å². The summed E-state index contributed by atoms with van der Waals surface area (Å²) in [5, 5.41) is 13.3. The Kier molecular flexibility index (Phi) is 10.4. The molecule has 1 amide bonds. The summed E-state index contributed by atoms with van der Waals surface area (Å²) < 4.78 is 0. The molecule has 1 aromatic heterocycles. The molecule has 0 atom stereocenters. The van der Waals surface area contributed by atoms with Gasteiger partial charge in [0.05, 0.1) is 11.5 Å². The van der Waals surface area contributed by atoms with E-state index in [1.165, 1.54) is 5.00 Å². The van der Waals surface area contributed by atoms with Crippen LogP contribution in [-0.2, 0) is 6.54 Å². The van der Waals surface area contributed by atoms with Crippen LogP contribution >= 0.6 is 35.3 Å². The SMILES string of the molecule is CCNC(=O)c1ccc(CN=C(NCC)NC2CCN(c3cccs3)CC2)cc1.I. The zero-order valence-corrected chi connectivity index (χ0v) is 20.8. The molecule has 0 spiro atoms. The number of thiophene rings is 1. The van der Waals surface area contributed by atoms with Gasteiger partial charge >= 0.3 is 0 Å². The van der Waals surface area contributed by atoms with Crippen molar-refractivity contribution in [1.29, 1.82) is 0 Å². The van der Waals surface area contributed by atoms with Crippen molar-refractivity contribution in [2.45, 2.75) is 39.3 Å². The first kappa shape index (κ1) is 24.5. The molecule has 0 saturated carbocycles. The maximum Gasteiger partial charge on any atom is 0.251 e. The van der Waals surface area contributed by atoms with Crippen molar-refractivity contribution in [3.63, 3.8) is 0 Å². The highest BCUT2D eigenvalue weighted by atomic mass is 127. The minimum Gasteiger partial charge on any atom is -0.363 e. The zero-order chi connectivity index (χ0) is 20.5. The first-order chi connectivity index (χ1) is 14.2. The van der Waals surface area contributed by atoms with Gasteiger partial charge in [0.15, 0.2) is 5.96 Å². The second kappa shape index (κ2) is 12.8. The monoisotopic (exact) mass is 541 g/mol. The molecule has 1 aliphatic rings. The van der Waals surface area contributed by atoms with Crippen LogP contribution in [0.1, 0.15) is 42.6 Å². The lowest BCUT2D eigenvalue weighted by atomic mass is 10.1. The van der Waals surface area contributed by atoms with Gasteiger partial charge in [0.25, 0.3) is 5.91 Å². The van der Waals surface area contributed by atoms with E-state index in [1.54, 1.807) is 0 Å². The molecular formula is C22H32IN5OS. The molecule has 0 unspecified atom stereocenters. The molecule has 0 aliphatic carbocycles. The van der Waals surface area contributed by atoms with Gasteiger partial charge in [0, 0.05) is 37.8 Å². The van der Waals surface area contributed by atoms with Crippen molar-refractivity contribution in [2.75, 3.05) is 31.1 Å². The van der Waals surface area contributed by atoms with Gasteiger partial charge in [-0.25, -0.2) is 4.99 Å². The van der Waals surface area contributed by atoms with Crippen LogP contribution in [0.5, 0.6) is 0 Å². The van der Waals surface area contributed by atoms with E-state index in [2.05, 4.69) is 45.3 Å². The third-order valence-electron chi connectivity index (χ3n) is 4.97. The fraction of sp³-hybridized carbons (Fsp3) is 0.455. The summed E-state index contributed by atoms with van der Waals surface area (Å²) in [4.78, 5) is 19.1. The van der Waals surface area contributed by atoms with Gasteiger partial charge in [-0.15, -0.1) is 35.3 Å². The number of halogens is 1. The molecule has 1 saturated heterocycles. The normalized spacial score (nSPS) is 14.7. The number of hydrogen-bond donors (Lipinski definition) is 3. The summed E-state index contributed by atoms with van der Waals surface area (Å²) in [6, 6.07) is 12.4. The van der Waals surface area contributed by atoms with E-state index >= 15 is 0 Å². The third kappa shape index (κ3) is 7.16. The average Bonchev–Trinajstić information content (AvgIpc) is 3.28. The minimum absolute atomic E-state index is 0.